The van der Waals surface area contributed by atoms with E-state index in [0.29, 0.717) is 12.7 Å². The molecular weight excluding hydrogens is 176 g/mol. The van der Waals surface area contributed by atoms with Gasteiger partial charge >= 0.3 is 0 Å². The third kappa shape index (κ3) is 8.52. The van der Waals surface area contributed by atoms with Crippen molar-refractivity contribution >= 4 is 0 Å². The van der Waals surface area contributed by atoms with Gasteiger partial charge in [0.25, 0.3) is 0 Å². The van der Waals surface area contributed by atoms with Crippen LogP contribution in [0.2, 0.25) is 0 Å². The molecule has 0 aromatic heterocycles. The van der Waals surface area contributed by atoms with Crippen molar-refractivity contribution in [3.8, 4) is 0 Å². The molecule has 0 radical (unpaired) electrons. The number of hydrogen-bond acceptors (Lipinski definition) is 2. The molecule has 2 heteroatoms. The van der Waals surface area contributed by atoms with E-state index in [9.17, 15) is 0 Å². The summed E-state index contributed by atoms with van der Waals surface area (Å²) in [5.41, 5.74) is 0. The van der Waals surface area contributed by atoms with Gasteiger partial charge in [0, 0.05) is 0 Å². The van der Waals surface area contributed by atoms with Crippen LogP contribution in [-0.4, -0.2) is 24.4 Å². The molecule has 0 amide bonds. The molecule has 1 unspecified atom stereocenters. The van der Waals surface area contributed by atoms with E-state index in [1.165, 1.54) is 32.1 Å². The number of aliphatic hydroxyl groups excluding tert-OH is 1. The third-order valence-electron chi connectivity index (χ3n) is 2.53. The summed E-state index contributed by atoms with van der Waals surface area (Å²) in [7, 11) is 0. The first kappa shape index (κ1) is 13.9. The van der Waals surface area contributed by atoms with E-state index in [1.54, 1.807) is 0 Å². The van der Waals surface area contributed by atoms with Crippen LogP contribution in [-0.2, 0) is 4.74 Å². The highest BCUT2D eigenvalue weighted by Crippen LogP contribution is 2.11. The molecule has 0 saturated carbocycles. The average Bonchev–Trinajstić information content (AvgIpc) is 2.22. The van der Waals surface area contributed by atoms with Crippen molar-refractivity contribution < 1.29 is 9.84 Å². The molecular formula is C12H26O2. The van der Waals surface area contributed by atoms with Crippen LogP contribution >= 0.6 is 0 Å². The molecule has 0 spiro atoms. The number of aliphatic hydroxyl groups is 1. The largest absolute Gasteiger partial charge is 0.394 e. The van der Waals surface area contributed by atoms with E-state index in [2.05, 4.69) is 13.8 Å². The van der Waals surface area contributed by atoms with Gasteiger partial charge in [-0.3, -0.25) is 0 Å². The first-order chi connectivity index (χ1) is 6.85. The van der Waals surface area contributed by atoms with E-state index in [4.69, 9.17) is 9.84 Å². The van der Waals surface area contributed by atoms with Crippen molar-refractivity contribution in [1.82, 2.24) is 0 Å². The zero-order valence-corrected chi connectivity index (χ0v) is 9.80. The van der Waals surface area contributed by atoms with Gasteiger partial charge in [0.05, 0.1) is 19.3 Å². The minimum atomic E-state index is 0.145. The molecule has 14 heavy (non-hydrogen) atoms. The Balaban J connectivity index is 3.24. The lowest BCUT2D eigenvalue weighted by molar-refractivity contribution is 0.0208. The van der Waals surface area contributed by atoms with Crippen molar-refractivity contribution in [2.45, 2.75) is 64.9 Å². The van der Waals surface area contributed by atoms with Crippen LogP contribution in [0.15, 0.2) is 0 Å². The SMILES string of the molecule is CCCCCCCC(CC)OCCO. The summed E-state index contributed by atoms with van der Waals surface area (Å²) in [6.45, 7) is 5.02. The highest BCUT2D eigenvalue weighted by atomic mass is 16.5. The predicted molar refractivity (Wildman–Crippen MR) is 60.5 cm³/mol. The van der Waals surface area contributed by atoms with E-state index < -0.39 is 0 Å². The second kappa shape index (κ2) is 11.0. The summed E-state index contributed by atoms with van der Waals surface area (Å²) in [5, 5.41) is 8.63. The standard InChI is InChI=1S/C12H26O2/c1-3-5-6-7-8-9-12(4-2)14-11-10-13/h12-13H,3-11H2,1-2H3. The number of hydrogen-bond donors (Lipinski definition) is 1. The Morgan fingerprint density at radius 3 is 2.36 bits per heavy atom. The minimum Gasteiger partial charge on any atom is -0.394 e. The molecule has 0 fully saturated rings. The van der Waals surface area contributed by atoms with Gasteiger partial charge in [0.15, 0.2) is 0 Å². The summed E-state index contributed by atoms with van der Waals surface area (Å²) in [4.78, 5) is 0. The second-order valence-electron chi connectivity index (χ2n) is 3.83. The van der Waals surface area contributed by atoms with Gasteiger partial charge < -0.3 is 9.84 Å². The van der Waals surface area contributed by atoms with Gasteiger partial charge in [-0.25, -0.2) is 0 Å². The monoisotopic (exact) mass is 202 g/mol. The fourth-order valence-corrected chi connectivity index (χ4v) is 1.60. The van der Waals surface area contributed by atoms with Gasteiger partial charge in [-0.1, -0.05) is 46.0 Å². The lowest BCUT2D eigenvalue weighted by atomic mass is 10.1. The molecule has 0 aliphatic heterocycles. The normalized spacial score (nSPS) is 13.1. The molecule has 0 bridgehead atoms. The molecule has 0 saturated heterocycles. The van der Waals surface area contributed by atoms with Gasteiger partial charge in [0.2, 0.25) is 0 Å². The predicted octanol–water partition coefficient (Wildman–Crippen LogP) is 3.13. The van der Waals surface area contributed by atoms with Crippen LogP contribution in [0, 0.1) is 0 Å². The Kier molecular flexibility index (Phi) is 10.9. The maximum absolute atomic E-state index is 8.63. The highest BCUT2D eigenvalue weighted by molar-refractivity contribution is 4.56. The van der Waals surface area contributed by atoms with Gasteiger partial charge in [-0.15, -0.1) is 0 Å². The molecule has 1 atom stereocenters. The van der Waals surface area contributed by atoms with Crippen molar-refractivity contribution in [1.29, 1.82) is 0 Å². The number of unbranched alkanes of at least 4 members (excludes halogenated alkanes) is 4. The molecule has 0 aliphatic carbocycles. The fraction of sp³-hybridized carbons (Fsp3) is 1.00. The second-order valence-corrected chi connectivity index (χ2v) is 3.83. The number of rotatable bonds is 10. The molecule has 0 heterocycles. The average molecular weight is 202 g/mol. The maximum Gasteiger partial charge on any atom is 0.0701 e. The quantitative estimate of drug-likeness (QED) is 0.551. The van der Waals surface area contributed by atoms with Gasteiger partial charge in [-0.05, 0) is 12.8 Å². The summed E-state index contributed by atoms with van der Waals surface area (Å²) in [5.74, 6) is 0. The van der Waals surface area contributed by atoms with Gasteiger partial charge in [-0.2, -0.15) is 0 Å². The zero-order chi connectivity index (χ0) is 10.6. The minimum absolute atomic E-state index is 0.145. The molecule has 1 N–H and O–H groups in total. The van der Waals surface area contributed by atoms with Crippen LogP contribution in [0.3, 0.4) is 0 Å². The smallest absolute Gasteiger partial charge is 0.0701 e. The van der Waals surface area contributed by atoms with Gasteiger partial charge in [0.1, 0.15) is 0 Å². The summed E-state index contributed by atoms with van der Waals surface area (Å²) < 4.78 is 5.50. The van der Waals surface area contributed by atoms with Crippen LogP contribution in [0.4, 0.5) is 0 Å². The summed E-state index contributed by atoms with van der Waals surface area (Å²) in [6, 6.07) is 0. The Morgan fingerprint density at radius 2 is 1.79 bits per heavy atom. The Morgan fingerprint density at radius 1 is 1.07 bits per heavy atom. The van der Waals surface area contributed by atoms with E-state index >= 15 is 0 Å². The molecule has 0 aromatic carbocycles. The van der Waals surface area contributed by atoms with E-state index in [1.807, 2.05) is 0 Å². The highest BCUT2D eigenvalue weighted by Gasteiger charge is 2.05. The molecule has 0 aromatic rings. The molecule has 0 rings (SSSR count). The lowest BCUT2D eigenvalue weighted by Crippen LogP contribution is -2.14. The third-order valence-corrected chi connectivity index (χ3v) is 2.53. The topological polar surface area (TPSA) is 29.5 Å². The number of ether oxygens (including phenoxy) is 1. The molecule has 2 nitrogen and oxygen atoms in total. The summed E-state index contributed by atoms with van der Waals surface area (Å²) in [6.07, 6.45) is 9.19. The Bertz CT molecular complexity index is 104. The van der Waals surface area contributed by atoms with Crippen molar-refractivity contribution in [2.75, 3.05) is 13.2 Å². The van der Waals surface area contributed by atoms with E-state index in [0.717, 1.165) is 12.8 Å². The van der Waals surface area contributed by atoms with Crippen molar-refractivity contribution in [3.63, 3.8) is 0 Å². The first-order valence-electron chi connectivity index (χ1n) is 6.07. The molecule has 0 aliphatic rings. The Labute approximate surface area is 88.7 Å². The van der Waals surface area contributed by atoms with Crippen LogP contribution < -0.4 is 0 Å². The fourth-order valence-electron chi connectivity index (χ4n) is 1.60. The first-order valence-corrected chi connectivity index (χ1v) is 6.07. The summed E-state index contributed by atoms with van der Waals surface area (Å²) >= 11 is 0. The maximum atomic E-state index is 8.63. The van der Waals surface area contributed by atoms with Crippen LogP contribution in [0.25, 0.3) is 0 Å². The Hall–Kier alpha value is -0.0800. The van der Waals surface area contributed by atoms with Crippen molar-refractivity contribution in [2.24, 2.45) is 0 Å². The van der Waals surface area contributed by atoms with E-state index in [-0.39, 0.29) is 6.61 Å². The van der Waals surface area contributed by atoms with Crippen LogP contribution in [0.5, 0.6) is 0 Å². The van der Waals surface area contributed by atoms with Crippen LogP contribution in [0.1, 0.15) is 58.8 Å². The zero-order valence-electron chi connectivity index (χ0n) is 9.80. The molecule has 86 valence electrons. The lowest BCUT2D eigenvalue weighted by Gasteiger charge is -2.14. The van der Waals surface area contributed by atoms with Crippen molar-refractivity contribution in [3.05, 3.63) is 0 Å².